The fraction of sp³-hybridized carbons (Fsp3) is 0.167. The molecule has 0 radical (unpaired) electrons. The first-order chi connectivity index (χ1) is 16.8. The van der Waals surface area contributed by atoms with Crippen molar-refractivity contribution in [3.05, 3.63) is 72.3 Å². The van der Waals surface area contributed by atoms with Gasteiger partial charge in [0.1, 0.15) is 23.7 Å². The Morgan fingerprint density at radius 3 is 2.71 bits per heavy atom. The monoisotopic (exact) mass is 481 g/mol. The largest absolute Gasteiger partial charge is 0.457 e. The van der Waals surface area contributed by atoms with Crippen molar-refractivity contribution in [2.24, 2.45) is 0 Å². The van der Waals surface area contributed by atoms with Crippen LogP contribution in [0.2, 0.25) is 0 Å². The number of carbonyl (C=O) groups excluding carboxylic acids is 2. The van der Waals surface area contributed by atoms with Gasteiger partial charge >= 0.3 is 12.2 Å². The van der Waals surface area contributed by atoms with Gasteiger partial charge in [-0.2, -0.15) is 13.2 Å². The smallest absolute Gasteiger partial charge is 0.417 e. The molecule has 1 aromatic carbocycles. The minimum Gasteiger partial charge on any atom is -0.457 e. The van der Waals surface area contributed by atoms with Crippen molar-refractivity contribution in [1.29, 1.82) is 0 Å². The van der Waals surface area contributed by atoms with Gasteiger partial charge in [-0.3, -0.25) is 14.7 Å². The van der Waals surface area contributed by atoms with Gasteiger partial charge in [0, 0.05) is 18.6 Å². The lowest BCUT2D eigenvalue weighted by atomic mass is 10.1. The van der Waals surface area contributed by atoms with E-state index < -0.39 is 30.2 Å². The molecule has 1 fully saturated rings. The highest BCUT2D eigenvalue weighted by Gasteiger charge is 2.40. The van der Waals surface area contributed by atoms with E-state index in [1.54, 1.807) is 36.7 Å². The molecule has 5 rings (SSSR count). The van der Waals surface area contributed by atoms with Crippen molar-refractivity contribution in [2.45, 2.75) is 19.5 Å². The van der Waals surface area contributed by atoms with Crippen LogP contribution in [0.25, 0.3) is 11.0 Å². The van der Waals surface area contributed by atoms with E-state index in [1.807, 2.05) is 13.0 Å². The van der Waals surface area contributed by atoms with Crippen LogP contribution in [0, 0.1) is 0 Å². The number of hydrogen-bond acceptors (Lipinski definition) is 5. The second kappa shape index (κ2) is 8.42. The maximum atomic E-state index is 13.1. The van der Waals surface area contributed by atoms with Crippen molar-refractivity contribution in [3.63, 3.8) is 0 Å². The number of anilines is 2. The number of nitrogens with zero attached hydrogens (tertiary/aromatic N) is 4. The molecule has 0 bridgehead atoms. The number of carbonyl (C=O) groups is 2. The molecule has 0 atom stereocenters. The third-order valence-corrected chi connectivity index (χ3v) is 5.65. The predicted molar refractivity (Wildman–Crippen MR) is 121 cm³/mol. The molecule has 3 amide bonds. The Hall–Kier alpha value is -4.41. The molecule has 4 aromatic rings. The molecule has 1 N–H and O–H groups in total. The number of nitrogens with one attached hydrogen (secondary N) is 1. The number of pyridine rings is 2. The zero-order valence-corrected chi connectivity index (χ0v) is 18.3. The Labute approximate surface area is 197 Å². The third-order valence-electron chi connectivity index (χ3n) is 5.65. The number of ether oxygens (including phenoxy) is 1. The van der Waals surface area contributed by atoms with Crippen molar-refractivity contribution in [3.8, 4) is 11.5 Å². The fourth-order valence-electron chi connectivity index (χ4n) is 3.95. The second-order valence-electron chi connectivity index (χ2n) is 7.82. The van der Waals surface area contributed by atoms with Gasteiger partial charge in [0.25, 0.3) is 5.91 Å². The minimum absolute atomic E-state index is 0.105. The number of halogens is 3. The normalized spacial score (nSPS) is 14.3. The SMILES string of the molecule is CCc1cc(Oc2ccnc3[nH]ccc23)ccc1N1C(=O)CN(c2cncc(C(F)(F)F)c2)C1=O. The number of aromatic nitrogens is 3. The first-order valence-electron chi connectivity index (χ1n) is 10.7. The molecule has 11 heteroatoms. The van der Waals surface area contributed by atoms with E-state index in [0.29, 0.717) is 41.0 Å². The summed E-state index contributed by atoms with van der Waals surface area (Å²) in [7, 11) is 0. The van der Waals surface area contributed by atoms with Gasteiger partial charge in [-0.25, -0.2) is 14.7 Å². The molecule has 1 aliphatic rings. The van der Waals surface area contributed by atoms with E-state index in [4.69, 9.17) is 4.74 Å². The van der Waals surface area contributed by atoms with Crippen LogP contribution < -0.4 is 14.5 Å². The summed E-state index contributed by atoms with van der Waals surface area (Å²) in [6, 6.07) is 8.56. The number of urea groups is 1. The summed E-state index contributed by atoms with van der Waals surface area (Å²) in [4.78, 5) is 38.7. The van der Waals surface area contributed by atoms with Crippen molar-refractivity contribution in [2.75, 3.05) is 16.3 Å². The Balaban J connectivity index is 1.44. The van der Waals surface area contributed by atoms with Crippen LogP contribution in [0.3, 0.4) is 0 Å². The highest BCUT2D eigenvalue weighted by Crippen LogP contribution is 2.36. The van der Waals surface area contributed by atoms with Crippen LogP contribution in [0.1, 0.15) is 18.1 Å². The lowest BCUT2D eigenvalue weighted by molar-refractivity contribution is -0.137. The summed E-state index contributed by atoms with van der Waals surface area (Å²) in [5.74, 6) is 0.527. The zero-order valence-electron chi connectivity index (χ0n) is 18.3. The standard InChI is InChI=1S/C24H18F3N5O3/c1-2-14-9-17(35-20-6-8-30-22-18(20)5-7-29-22)3-4-19(14)32-21(33)13-31(23(32)34)16-10-15(11-28-12-16)24(25,26)27/h3-12H,2,13H2,1H3,(H,29,30). The van der Waals surface area contributed by atoms with Gasteiger partial charge in [-0.1, -0.05) is 6.92 Å². The van der Waals surface area contributed by atoms with Gasteiger partial charge in [0.2, 0.25) is 0 Å². The number of fused-ring (bicyclic) bond motifs is 1. The maximum Gasteiger partial charge on any atom is 0.417 e. The van der Waals surface area contributed by atoms with E-state index in [9.17, 15) is 22.8 Å². The fourth-order valence-corrected chi connectivity index (χ4v) is 3.95. The number of rotatable bonds is 5. The number of aryl methyl sites for hydroxylation is 1. The Morgan fingerprint density at radius 1 is 1.11 bits per heavy atom. The Kier molecular flexibility index (Phi) is 5.39. The lowest BCUT2D eigenvalue weighted by Crippen LogP contribution is -2.33. The van der Waals surface area contributed by atoms with E-state index in [1.165, 1.54) is 0 Å². The van der Waals surface area contributed by atoms with Gasteiger partial charge < -0.3 is 9.72 Å². The Morgan fingerprint density at radius 2 is 1.94 bits per heavy atom. The predicted octanol–water partition coefficient (Wildman–Crippen LogP) is 5.30. The van der Waals surface area contributed by atoms with Crippen LogP contribution in [0.5, 0.6) is 11.5 Å². The average Bonchev–Trinajstić information content (AvgIpc) is 3.43. The number of imide groups is 1. The minimum atomic E-state index is -4.62. The highest BCUT2D eigenvalue weighted by atomic mass is 19.4. The number of benzene rings is 1. The summed E-state index contributed by atoms with van der Waals surface area (Å²) in [6.07, 6.45) is 1.01. The van der Waals surface area contributed by atoms with Crippen LogP contribution in [-0.2, 0) is 17.4 Å². The second-order valence-corrected chi connectivity index (χ2v) is 7.82. The molecular weight excluding hydrogens is 463 g/mol. The molecule has 35 heavy (non-hydrogen) atoms. The molecule has 1 saturated heterocycles. The van der Waals surface area contributed by atoms with Crippen molar-refractivity contribution < 1.29 is 27.5 Å². The van der Waals surface area contributed by atoms with E-state index in [-0.39, 0.29) is 5.69 Å². The zero-order chi connectivity index (χ0) is 24.7. The topological polar surface area (TPSA) is 91.4 Å². The molecule has 0 unspecified atom stereocenters. The van der Waals surface area contributed by atoms with E-state index >= 15 is 0 Å². The first kappa shape index (κ1) is 22.4. The quantitative estimate of drug-likeness (QED) is 0.391. The van der Waals surface area contributed by atoms with Gasteiger partial charge in [0.05, 0.1) is 28.5 Å². The summed E-state index contributed by atoms with van der Waals surface area (Å²) in [5, 5.41) is 0.796. The van der Waals surface area contributed by atoms with Gasteiger partial charge in [-0.15, -0.1) is 0 Å². The summed E-state index contributed by atoms with van der Waals surface area (Å²) < 4.78 is 45.3. The van der Waals surface area contributed by atoms with Crippen molar-refractivity contribution in [1.82, 2.24) is 15.0 Å². The highest BCUT2D eigenvalue weighted by molar-refractivity contribution is 6.27. The average molecular weight is 481 g/mol. The van der Waals surface area contributed by atoms with Crippen LogP contribution in [0.4, 0.5) is 29.3 Å². The third kappa shape index (κ3) is 4.05. The van der Waals surface area contributed by atoms with E-state index in [2.05, 4.69) is 15.0 Å². The first-order valence-corrected chi connectivity index (χ1v) is 10.7. The van der Waals surface area contributed by atoms with Gasteiger partial charge in [-0.05, 0) is 48.4 Å². The van der Waals surface area contributed by atoms with Crippen LogP contribution >= 0.6 is 0 Å². The number of amides is 3. The van der Waals surface area contributed by atoms with Crippen molar-refractivity contribution >= 4 is 34.3 Å². The molecule has 4 heterocycles. The Bertz CT molecular complexity index is 1450. The molecule has 178 valence electrons. The van der Waals surface area contributed by atoms with Crippen LogP contribution in [-0.4, -0.2) is 33.4 Å². The number of H-pyrrole nitrogens is 1. The molecular formula is C24H18F3N5O3. The van der Waals surface area contributed by atoms with E-state index in [0.717, 1.165) is 27.4 Å². The number of hydrogen-bond donors (Lipinski definition) is 1. The summed E-state index contributed by atoms with van der Waals surface area (Å²) in [5.41, 5.74) is 0.572. The molecule has 8 nitrogen and oxygen atoms in total. The molecule has 0 aliphatic carbocycles. The summed E-state index contributed by atoms with van der Waals surface area (Å²) in [6.45, 7) is 1.46. The number of aromatic amines is 1. The van der Waals surface area contributed by atoms with Gasteiger partial charge in [0.15, 0.2) is 0 Å². The molecule has 3 aromatic heterocycles. The lowest BCUT2D eigenvalue weighted by Gasteiger charge is -2.20. The maximum absolute atomic E-state index is 13.1. The molecule has 0 spiro atoms. The summed E-state index contributed by atoms with van der Waals surface area (Å²) >= 11 is 0. The molecule has 0 saturated carbocycles. The van der Waals surface area contributed by atoms with Crippen LogP contribution in [0.15, 0.2) is 61.2 Å². The number of alkyl halides is 3. The molecule has 1 aliphatic heterocycles.